The zero-order chi connectivity index (χ0) is 16.5. The number of aliphatic hydroxyl groups excluding tert-OH is 1. The monoisotopic (exact) mass is 331 g/mol. The third kappa shape index (κ3) is 3.04. The Morgan fingerprint density at radius 1 is 1.29 bits per heavy atom. The molecule has 0 bridgehead atoms. The van der Waals surface area contributed by atoms with E-state index in [0.29, 0.717) is 12.5 Å². The molecule has 1 aliphatic carbocycles. The number of hydrogen-bond acceptors (Lipinski definition) is 5. The third-order valence-corrected chi connectivity index (χ3v) is 5.44. The second kappa shape index (κ2) is 6.75. The van der Waals surface area contributed by atoms with Gasteiger partial charge >= 0.3 is 0 Å². The molecule has 2 fully saturated rings. The second-order valence-corrected chi connectivity index (χ2v) is 6.89. The molecule has 1 saturated carbocycles. The van der Waals surface area contributed by atoms with E-state index < -0.39 is 0 Å². The molecule has 0 amide bonds. The molecule has 2 heterocycles. The zero-order valence-corrected chi connectivity index (χ0v) is 14.1. The van der Waals surface area contributed by atoms with E-state index in [2.05, 4.69) is 11.0 Å². The first-order valence-electron chi connectivity index (χ1n) is 8.81. The molecule has 0 unspecified atom stereocenters. The fourth-order valence-electron chi connectivity index (χ4n) is 4.15. The minimum atomic E-state index is -0.195. The maximum atomic E-state index is 10.3. The fraction of sp³-hybridized carbons (Fsp3) is 0.579. The highest BCUT2D eigenvalue weighted by Crippen LogP contribution is 2.33. The van der Waals surface area contributed by atoms with Gasteiger partial charge in [0.25, 0.3) is 0 Å². The predicted molar refractivity (Wildman–Crippen MR) is 91.1 cm³/mol. The molecule has 3 atom stereocenters. The van der Waals surface area contributed by atoms with Crippen LogP contribution in [0.25, 0.3) is 11.0 Å². The first-order valence-corrected chi connectivity index (χ1v) is 8.81. The number of methoxy groups -OCH3 is 1. The molecule has 1 N–H and O–H groups in total. The maximum Gasteiger partial charge on any atom is 0.134 e. The highest BCUT2D eigenvalue weighted by Gasteiger charge is 2.37. The summed E-state index contributed by atoms with van der Waals surface area (Å²) in [4.78, 5) is 2.41. The molecular weight excluding hydrogens is 306 g/mol. The van der Waals surface area contributed by atoms with E-state index in [9.17, 15) is 5.11 Å². The Morgan fingerprint density at radius 3 is 3.00 bits per heavy atom. The van der Waals surface area contributed by atoms with Gasteiger partial charge in [0, 0.05) is 23.9 Å². The van der Waals surface area contributed by atoms with Crippen molar-refractivity contribution < 1.29 is 19.0 Å². The van der Waals surface area contributed by atoms with E-state index in [0.717, 1.165) is 61.4 Å². The van der Waals surface area contributed by atoms with Gasteiger partial charge in [-0.15, -0.1) is 0 Å². The van der Waals surface area contributed by atoms with Gasteiger partial charge in [-0.1, -0.05) is 6.42 Å². The van der Waals surface area contributed by atoms with Crippen molar-refractivity contribution in [3.63, 3.8) is 0 Å². The van der Waals surface area contributed by atoms with Crippen LogP contribution in [-0.2, 0) is 11.3 Å². The number of aliphatic hydroxyl groups is 1. The Balaban J connectivity index is 1.53. The summed E-state index contributed by atoms with van der Waals surface area (Å²) in [5, 5.41) is 11.3. The Bertz CT molecular complexity index is 698. The SMILES string of the molecule is COc1ccc2oc(CN3CCOC[C@@H]3[C@@H]3CCC[C@H]3O)cc2c1. The Hall–Kier alpha value is -1.56. The number of rotatable bonds is 4. The lowest BCUT2D eigenvalue weighted by Gasteiger charge is -2.39. The summed E-state index contributed by atoms with van der Waals surface area (Å²) < 4.78 is 17.0. The van der Waals surface area contributed by atoms with Crippen LogP contribution in [0.3, 0.4) is 0 Å². The molecule has 1 aromatic carbocycles. The van der Waals surface area contributed by atoms with Gasteiger partial charge in [0.2, 0.25) is 0 Å². The van der Waals surface area contributed by atoms with Crippen LogP contribution >= 0.6 is 0 Å². The Morgan fingerprint density at radius 2 is 2.21 bits per heavy atom. The van der Waals surface area contributed by atoms with Gasteiger partial charge in [0.15, 0.2) is 0 Å². The summed E-state index contributed by atoms with van der Waals surface area (Å²) in [6, 6.07) is 8.24. The van der Waals surface area contributed by atoms with Gasteiger partial charge in [-0.2, -0.15) is 0 Å². The number of hydrogen-bond donors (Lipinski definition) is 1. The van der Waals surface area contributed by atoms with Crippen LogP contribution in [0.5, 0.6) is 5.75 Å². The maximum absolute atomic E-state index is 10.3. The molecule has 0 spiro atoms. The van der Waals surface area contributed by atoms with Gasteiger partial charge in [-0.3, -0.25) is 4.90 Å². The lowest BCUT2D eigenvalue weighted by atomic mass is 9.94. The molecule has 130 valence electrons. The molecule has 4 rings (SSSR count). The van der Waals surface area contributed by atoms with Crippen LogP contribution in [0.4, 0.5) is 0 Å². The number of fused-ring (bicyclic) bond motifs is 1. The minimum absolute atomic E-state index is 0.195. The summed E-state index contributed by atoms with van der Waals surface area (Å²) in [5.41, 5.74) is 0.886. The van der Waals surface area contributed by atoms with E-state index in [1.165, 1.54) is 0 Å². The van der Waals surface area contributed by atoms with Crippen molar-refractivity contribution in [2.75, 3.05) is 26.9 Å². The van der Waals surface area contributed by atoms with E-state index in [4.69, 9.17) is 13.9 Å². The molecule has 1 aromatic heterocycles. The molecule has 2 aliphatic rings. The van der Waals surface area contributed by atoms with E-state index in [-0.39, 0.29) is 12.1 Å². The van der Waals surface area contributed by atoms with Gasteiger partial charge in [0.05, 0.1) is 33.0 Å². The number of nitrogens with zero attached hydrogens (tertiary/aromatic N) is 1. The lowest BCUT2D eigenvalue weighted by Crippen LogP contribution is -2.50. The Kier molecular flexibility index (Phi) is 4.48. The average Bonchev–Trinajstić information content (AvgIpc) is 3.20. The number of morpholine rings is 1. The van der Waals surface area contributed by atoms with Crippen LogP contribution in [-0.4, -0.2) is 49.0 Å². The quantitative estimate of drug-likeness (QED) is 0.934. The van der Waals surface area contributed by atoms with E-state index in [1.807, 2.05) is 18.2 Å². The molecule has 2 aromatic rings. The van der Waals surface area contributed by atoms with Crippen LogP contribution in [0.2, 0.25) is 0 Å². The van der Waals surface area contributed by atoms with Gasteiger partial charge in [-0.25, -0.2) is 0 Å². The molecule has 5 nitrogen and oxygen atoms in total. The van der Waals surface area contributed by atoms with Gasteiger partial charge in [0.1, 0.15) is 17.1 Å². The van der Waals surface area contributed by atoms with Crippen molar-refractivity contribution in [3.05, 3.63) is 30.0 Å². The first kappa shape index (κ1) is 15.9. The van der Waals surface area contributed by atoms with Crippen molar-refractivity contribution in [1.29, 1.82) is 0 Å². The van der Waals surface area contributed by atoms with Gasteiger partial charge in [-0.05, 0) is 37.1 Å². The highest BCUT2D eigenvalue weighted by molar-refractivity contribution is 5.79. The van der Waals surface area contributed by atoms with Crippen LogP contribution in [0.1, 0.15) is 25.0 Å². The largest absolute Gasteiger partial charge is 0.497 e. The van der Waals surface area contributed by atoms with Crippen molar-refractivity contribution in [3.8, 4) is 5.75 Å². The zero-order valence-electron chi connectivity index (χ0n) is 14.1. The molecule has 24 heavy (non-hydrogen) atoms. The Labute approximate surface area is 142 Å². The summed E-state index contributed by atoms with van der Waals surface area (Å²) in [7, 11) is 1.67. The second-order valence-electron chi connectivity index (χ2n) is 6.89. The van der Waals surface area contributed by atoms with Crippen molar-refractivity contribution in [2.24, 2.45) is 5.92 Å². The van der Waals surface area contributed by atoms with Crippen molar-refractivity contribution in [1.82, 2.24) is 4.90 Å². The van der Waals surface area contributed by atoms with E-state index in [1.54, 1.807) is 7.11 Å². The molecule has 0 radical (unpaired) electrons. The predicted octanol–water partition coefficient (Wildman–Crippen LogP) is 2.80. The van der Waals surface area contributed by atoms with Crippen LogP contribution < -0.4 is 4.74 Å². The molecule has 5 heteroatoms. The minimum Gasteiger partial charge on any atom is -0.497 e. The highest BCUT2D eigenvalue weighted by atomic mass is 16.5. The number of benzene rings is 1. The fourth-order valence-corrected chi connectivity index (χ4v) is 4.15. The first-order chi connectivity index (χ1) is 11.7. The van der Waals surface area contributed by atoms with Gasteiger partial charge < -0.3 is 19.0 Å². The lowest BCUT2D eigenvalue weighted by molar-refractivity contribution is -0.0555. The topological polar surface area (TPSA) is 55.1 Å². The summed E-state index contributed by atoms with van der Waals surface area (Å²) in [6.07, 6.45) is 2.92. The van der Waals surface area contributed by atoms with Crippen molar-refractivity contribution >= 4 is 11.0 Å². The van der Waals surface area contributed by atoms with E-state index >= 15 is 0 Å². The van der Waals surface area contributed by atoms with Crippen LogP contribution in [0.15, 0.2) is 28.7 Å². The normalized spacial score (nSPS) is 28.5. The number of ether oxygens (including phenoxy) is 2. The average molecular weight is 331 g/mol. The van der Waals surface area contributed by atoms with Crippen molar-refractivity contribution in [2.45, 2.75) is 38.0 Å². The third-order valence-electron chi connectivity index (χ3n) is 5.44. The number of furan rings is 1. The van der Waals surface area contributed by atoms with Crippen LogP contribution in [0, 0.1) is 5.92 Å². The molecular formula is C19H25NO4. The standard InChI is InChI=1S/C19H25NO4/c1-22-14-5-6-19-13(9-14)10-15(24-19)11-20-7-8-23-12-17(20)16-3-2-4-18(16)21/h5-6,9-10,16-18,21H,2-4,7-8,11-12H2,1H3/t16-,17+,18+/m0/s1. The molecule has 1 aliphatic heterocycles. The summed E-state index contributed by atoms with van der Waals surface area (Å²) >= 11 is 0. The summed E-state index contributed by atoms with van der Waals surface area (Å²) in [6.45, 7) is 3.09. The summed E-state index contributed by atoms with van der Waals surface area (Å²) in [5.74, 6) is 2.11. The molecule has 1 saturated heterocycles. The smallest absolute Gasteiger partial charge is 0.134 e.